The molecular formula is C14H13ClN4S. The molecule has 0 aliphatic rings. The summed E-state index contributed by atoms with van der Waals surface area (Å²) in [5, 5.41) is 14.8. The lowest BCUT2D eigenvalue weighted by Gasteiger charge is -2.13. The van der Waals surface area contributed by atoms with Gasteiger partial charge >= 0.3 is 0 Å². The van der Waals surface area contributed by atoms with Crippen molar-refractivity contribution in [3.63, 3.8) is 0 Å². The monoisotopic (exact) mass is 304 g/mol. The van der Waals surface area contributed by atoms with Crippen molar-refractivity contribution in [2.24, 2.45) is 0 Å². The maximum Gasteiger partial charge on any atom is 0.159 e. The van der Waals surface area contributed by atoms with Crippen molar-refractivity contribution in [3.05, 3.63) is 45.5 Å². The van der Waals surface area contributed by atoms with Gasteiger partial charge < -0.3 is 5.32 Å². The summed E-state index contributed by atoms with van der Waals surface area (Å²) >= 11 is 7.75. The Morgan fingerprint density at radius 1 is 1.20 bits per heavy atom. The first kappa shape index (κ1) is 13.3. The minimum Gasteiger partial charge on any atom is -0.359 e. The van der Waals surface area contributed by atoms with E-state index in [-0.39, 0.29) is 6.04 Å². The van der Waals surface area contributed by atoms with Crippen LogP contribution in [0.3, 0.4) is 0 Å². The maximum absolute atomic E-state index is 6.07. The molecule has 0 aliphatic carbocycles. The van der Waals surface area contributed by atoms with E-state index in [2.05, 4.69) is 27.4 Å². The van der Waals surface area contributed by atoms with Crippen LogP contribution in [0, 0.1) is 6.92 Å². The van der Waals surface area contributed by atoms with Crippen molar-refractivity contribution >= 4 is 39.5 Å². The number of hydrogen-bond acceptors (Lipinski definition) is 5. The van der Waals surface area contributed by atoms with Crippen LogP contribution in [0.1, 0.15) is 22.9 Å². The zero-order chi connectivity index (χ0) is 14.1. The van der Waals surface area contributed by atoms with Crippen LogP contribution < -0.4 is 5.32 Å². The first-order valence-corrected chi connectivity index (χ1v) is 7.44. The van der Waals surface area contributed by atoms with Crippen LogP contribution in [0.15, 0.2) is 30.5 Å². The number of benzene rings is 1. The van der Waals surface area contributed by atoms with Crippen molar-refractivity contribution in [1.29, 1.82) is 0 Å². The number of thiazole rings is 1. The predicted molar refractivity (Wildman–Crippen MR) is 83.4 cm³/mol. The van der Waals surface area contributed by atoms with Crippen molar-refractivity contribution in [2.75, 3.05) is 5.32 Å². The molecule has 0 saturated carbocycles. The smallest absolute Gasteiger partial charge is 0.159 e. The fraction of sp³-hybridized carbons (Fsp3) is 0.214. The third kappa shape index (κ3) is 2.46. The molecule has 20 heavy (non-hydrogen) atoms. The Balaban J connectivity index is 1.97. The topological polar surface area (TPSA) is 50.7 Å². The van der Waals surface area contributed by atoms with Crippen LogP contribution in [-0.4, -0.2) is 15.2 Å². The summed E-state index contributed by atoms with van der Waals surface area (Å²) in [6.45, 7) is 4.11. The lowest BCUT2D eigenvalue weighted by Crippen LogP contribution is -2.08. The van der Waals surface area contributed by atoms with E-state index in [1.165, 1.54) is 4.88 Å². The van der Waals surface area contributed by atoms with Gasteiger partial charge in [-0.3, -0.25) is 0 Å². The fourth-order valence-electron chi connectivity index (χ4n) is 2.02. The molecule has 1 N–H and O–H groups in total. The van der Waals surface area contributed by atoms with Crippen LogP contribution >= 0.6 is 22.9 Å². The van der Waals surface area contributed by atoms with Gasteiger partial charge in [0.25, 0.3) is 0 Å². The molecule has 102 valence electrons. The van der Waals surface area contributed by atoms with Crippen molar-refractivity contribution in [2.45, 2.75) is 19.9 Å². The molecule has 0 bridgehead atoms. The highest BCUT2D eigenvalue weighted by molar-refractivity contribution is 7.11. The summed E-state index contributed by atoms with van der Waals surface area (Å²) in [4.78, 5) is 5.59. The van der Waals surface area contributed by atoms with Crippen molar-refractivity contribution in [1.82, 2.24) is 15.2 Å². The summed E-state index contributed by atoms with van der Waals surface area (Å²) in [6.07, 6.45) is 1.88. The lowest BCUT2D eigenvalue weighted by molar-refractivity contribution is 0.853. The number of fused-ring (bicyclic) bond motifs is 1. The van der Waals surface area contributed by atoms with Gasteiger partial charge in [-0.25, -0.2) is 4.98 Å². The van der Waals surface area contributed by atoms with Crippen molar-refractivity contribution < 1.29 is 0 Å². The van der Waals surface area contributed by atoms with E-state index in [0.717, 1.165) is 21.6 Å². The molecule has 0 fully saturated rings. The average molecular weight is 305 g/mol. The Labute approximate surface area is 125 Å². The Kier molecular flexibility index (Phi) is 3.54. The third-order valence-corrected chi connectivity index (χ3v) is 4.38. The molecule has 1 unspecified atom stereocenters. The highest BCUT2D eigenvalue weighted by Gasteiger charge is 2.13. The van der Waals surface area contributed by atoms with E-state index in [4.69, 9.17) is 11.6 Å². The van der Waals surface area contributed by atoms with E-state index in [1.54, 1.807) is 11.3 Å². The van der Waals surface area contributed by atoms with E-state index in [9.17, 15) is 0 Å². The molecule has 6 heteroatoms. The van der Waals surface area contributed by atoms with E-state index < -0.39 is 0 Å². The Morgan fingerprint density at radius 3 is 2.65 bits per heavy atom. The molecular weight excluding hydrogens is 292 g/mol. The van der Waals surface area contributed by atoms with Crippen molar-refractivity contribution in [3.8, 4) is 0 Å². The van der Waals surface area contributed by atoms with Gasteiger partial charge in [-0.15, -0.1) is 21.5 Å². The molecule has 1 aromatic carbocycles. The van der Waals surface area contributed by atoms with Crippen LogP contribution in [0.4, 0.5) is 5.82 Å². The molecule has 0 spiro atoms. The number of nitrogens with zero attached hydrogens (tertiary/aromatic N) is 3. The molecule has 2 aromatic heterocycles. The van der Waals surface area contributed by atoms with Gasteiger partial charge in [-0.05, 0) is 13.8 Å². The summed E-state index contributed by atoms with van der Waals surface area (Å²) in [5.41, 5.74) is 0. The zero-order valence-corrected chi connectivity index (χ0v) is 12.7. The number of anilines is 1. The largest absolute Gasteiger partial charge is 0.359 e. The van der Waals surface area contributed by atoms with Gasteiger partial charge in [-0.1, -0.05) is 35.9 Å². The minimum absolute atomic E-state index is 0.0765. The first-order chi connectivity index (χ1) is 9.65. The highest BCUT2D eigenvalue weighted by atomic mass is 35.5. The second kappa shape index (κ2) is 5.34. The second-order valence-electron chi connectivity index (χ2n) is 4.56. The summed E-state index contributed by atoms with van der Waals surface area (Å²) in [6, 6.07) is 7.90. The number of rotatable bonds is 3. The van der Waals surface area contributed by atoms with Crippen LogP contribution in [-0.2, 0) is 0 Å². The molecule has 0 amide bonds. The van der Waals surface area contributed by atoms with Crippen LogP contribution in [0.2, 0.25) is 5.15 Å². The minimum atomic E-state index is 0.0765. The molecule has 0 saturated heterocycles. The quantitative estimate of drug-likeness (QED) is 0.787. The highest BCUT2D eigenvalue weighted by Crippen LogP contribution is 2.29. The number of nitrogens with one attached hydrogen (secondary N) is 1. The predicted octanol–water partition coefficient (Wildman–Crippen LogP) is 4.22. The number of hydrogen-bond donors (Lipinski definition) is 1. The summed E-state index contributed by atoms with van der Waals surface area (Å²) < 4.78 is 0. The fourth-order valence-corrected chi connectivity index (χ4v) is 3.00. The zero-order valence-electron chi connectivity index (χ0n) is 11.1. The van der Waals surface area contributed by atoms with Gasteiger partial charge in [-0.2, -0.15) is 0 Å². The van der Waals surface area contributed by atoms with E-state index >= 15 is 0 Å². The lowest BCUT2D eigenvalue weighted by atomic mass is 10.2. The Bertz CT molecular complexity index is 756. The number of halogens is 1. The molecule has 0 radical (unpaired) electrons. The molecule has 3 aromatic rings. The maximum atomic E-state index is 6.07. The molecule has 3 rings (SSSR count). The van der Waals surface area contributed by atoms with Gasteiger partial charge in [0.15, 0.2) is 11.0 Å². The van der Waals surface area contributed by atoms with E-state index in [1.807, 2.05) is 37.4 Å². The third-order valence-electron chi connectivity index (χ3n) is 3.01. The van der Waals surface area contributed by atoms with Gasteiger partial charge in [0.1, 0.15) is 5.01 Å². The van der Waals surface area contributed by atoms with Gasteiger partial charge in [0.2, 0.25) is 0 Å². The normalized spacial score (nSPS) is 12.6. The Hall–Kier alpha value is -1.72. The average Bonchev–Trinajstić information content (AvgIpc) is 2.89. The number of aromatic nitrogens is 3. The second-order valence-corrected chi connectivity index (χ2v) is 6.18. The molecule has 4 nitrogen and oxygen atoms in total. The molecule has 1 atom stereocenters. The van der Waals surface area contributed by atoms with Crippen LogP contribution in [0.5, 0.6) is 0 Å². The van der Waals surface area contributed by atoms with E-state index in [0.29, 0.717) is 5.15 Å². The van der Waals surface area contributed by atoms with Crippen LogP contribution in [0.25, 0.3) is 10.8 Å². The summed E-state index contributed by atoms with van der Waals surface area (Å²) in [7, 11) is 0. The standard InChI is InChI=1S/C14H13ClN4S/c1-8-7-16-14(20-8)9(2)17-13-11-6-4-3-5-10(11)12(15)18-19-13/h3-7,9H,1-2H3,(H,17,19). The summed E-state index contributed by atoms with van der Waals surface area (Å²) in [5.74, 6) is 0.727. The van der Waals surface area contributed by atoms with Gasteiger partial charge in [0.05, 0.1) is 6.04 Å². The molecule has 0 aliphatic heterocycles. The SMILES string of the molecule is Cc1cnc(C(C)Nc2nnc(Cl)c3ccccc23)s1. The number of aryl methyl sites for hydroxylation is 1. The van der Waals surface area contributed by atoms with Gasteiger partial charge in [0, 0.05) is 21.8 Å². The Morgan fingerprint density at radius 2 is 1.95 bits per heavy atom. The molecule has 2 heterocycles. The first-order valence-electron chi connectivity index (χ1n) is 6.25.